The molecule has 4 aliphatic heterocycles. The van der Waals surface area contributed by atoms with Crippen molar-refractivity contribution in [3.8, 4) is 29.1 Å². The largest absolute Gasteiger partial charge is 0.478 e. The van der Waals surface area contributed by atoms with E-state index >= 15 is 0 Å². The molecule has 4 aliphatic rings. The number of nitrogens with two attached hydrogens (primary N) is 1. The highest BCUT2D eigenvalue weighted by Gasteiger charge is 2.29. The summed E-state index contributed by atoms with van der Waals surface area (Å²) in [5.41, 5.74) is 4.16. The molecule has 5 amide bonds. The summed E-state index contributed by atoms with van der Waals surface area (Å²) in [4.78, 5) is 55.4. The van der Waals surface area contributed by atoms with Gasteiger partial charge in [0.05, 0.1) is 32.8 Å². The van der Waals surface area contributed by atoms with Crippen LogP contribution in [0.4, 0.5) is 62.7 Å². The Morgan fingerprint density at radius 1 is 0.642 bits per heavy atom. The maximum atomic E-state index is 13.9. The Morgan fingerprint density at radius 2 is 1.00 bits per heavy atom. The first-order valence-corrected chi connectivity index (χ1v) is 19.3. The van der Waals surface area contributed by atoms with Gasteiger partial charge in [-0.15, -0.1) is 12.4 Å². The SMILES string of the molecule is CC(C)(C)OC(=O)NCc1cc2c(c(F)c1F)OCC(=O)N2.Cl.N#Cc1cc2c(c(F)c1F)OCC(=O)N2.NCc1cc2c(c(F)c1F)OCC(=O)N2.O=C1COc2c(cc(Br)c(F)c2F)N1. The predicted molar refractivity (Wildman–Crippen MR) is 223 cm³/mol. The van der Waals surface area contributed by atoms with Gasteiger partial charge in [-0.3, -0.25) is 19.2 Å². The van der Waals surface area contributed by atoms with Gasteiger partial charge in [0.2, 0.25) is 23.3 Å². The summed E-state index contributed by atoms with van der Waals surface area (Å²) in [6.45, 7) is 3.24. The number of fused-ring (bicyclic) bond motifs is 4. The third kappa shape index (κ3) is 12.6. The average molecular weight is 1040 g/mol. The number of amides is 5. The molecule has 17 nitrogen and oxygen atoms in total. The van der Waals surface area contributed by atoms with Crippen LogP contribution in [-0.2, 0) is 37.0 Å². The number of ether oxygens (including phenoxy) is 5. The smallest absolute Gasteiger partial charge is 0.407 e. The van der Waals surface area contributed by atoms with E-state index in [0.717, 1.165) is 6.07 Å². The summed E-state index contributed by atoms with van der Waals surface area (Å²) >= 11 is 2.82. The molecule has 0 aromatic heterocycles. The van der Waals surface area contributed by atoms with E-state index in [2.05, 4.69) is 42.5 Å². The number of hydrogen-bond donors (Lipinski definition) is 6. The van der Waals surface area contributed by atoms with Crippen molar-refractivity contribution < 1.29 is 82.8 Å². The van der Waals surface area contributed by atoms with Crippen molar-refractivity contribution in [2.75, 3.05) is 47.7 Å². The lowest BCUT2D eigenvalue weighted by Crippen LogP contribution is -2.32. The molecule has 4 heterocycles. The van der Waals surface area contributed by atoms with Crippen molar-refractivity contribution in [3.63, 3.8) is 0 Å². The molecule has 0 spiro atoms. The maximum absolute atomic E-state index is 13.9. The van der Waals surface area contributed by atoms with Gasteiger partial charge in [-0.05, 0) is 61.0 Å². The van der Waals surface area contributed by atoms with Crippen molar-refractivity contribution in [2.24, 2.45) is 5.73 Å². The molecule has 0 aliphatic carbocycles. The van der Waals surface area contributed by atoms with Crippen LogP contribution in [0.2, 0.25) is 0 Å². The number of halogens is 10. The summed E-state index contributed by atoms with van der Waals surface area (Å²) in [7, 11) is 0. The second-order valence-electron chi connectivity index (χ2n) is 14.4. The minimum Gasteiger partial charge on any atom is -0.478 e. The van der Waals surface area contributed by atoms with Gasteiger partial charge in [-0.25, -0.2) is 22.4 Å². The van der Waals surface area contributed by atoms with Crippen molar-refractivity contribution in [2.45, 2.75) is 39.5 Å². The molecule has 0 radical (unpaired) electrons. The number of alkyl carbamates (subject to hydrolysis) is 1. The molecule has 0 bridgehead atoms. The van der Waals surface area contributed by atoms with E-state index in [-0.39, 0.29) is 113 Å². The molecule has 4 aromatic carbocycles. The Kier molecular flexibility index (Phi) is 17.2. The van der Waals surface area contributed by atoms with Gasteiger partial charge < -0.3 is 56.0 Å². The molecule has 0 unspecified atom stereocenters. The molecule has 0 saturated heterocycles. The third-order valence-corrected chi connectivity index (χ3v) is 8.98. The number of carbonyl (C=O) groups excluding carboxylic acids is 5. The summed E-state index contributed by atoms with van der Waals surface area (Å²) in [5, 5.41) is 20.2. The number of rotatable bonds is 3. The molecule has 358 valence electrons. The van der Waals surface area contributed by atoms with Crippen molar-refractivity contribution >= 4 is 80.8 Å². The lowest BCUT2D eigenvalue weighted by Gasteiger charge is -2.21. The Morgan fingerprint density at radius 3 is 1.40 bits per heavy atom. The fourth-order valence-electron chi connectivity index (χ4n) is 5.58. The van der Waals surface area contributed by atoms with E-state index in [4.69, 9.17) is 34.7 Å². The average Bonchev–Trinajstić information content (AvgIpc) is 3.26. The highest BCUT2D eigenvalue weighted by Crippen LogP contribution is 2.38. The van der Waals surface area contributed by atoms with Crippen LogP contribution >= 0.6 is 28.3 Å². The van der Waals surface area contributed by atoms with Gasteiger partial charge in [0.25, 0.3) is 23.6 Å². The standard InChI is InChI=1S/C14H16F2N2O4.C9H8F2N2O2.C9H4F2N2O2.C8H4BrF2NO2.ClH/c1-14(2,3)22-13(20)17-5-7-4-8-12(11(16)10(7)15)21-6-9(19)18-8;2*10-7-4(2-12)1-5-9(8(7)11)15-3-6(14)13-5;9-3-1-4-8(7(11)6(3)10)14-2-5(13)12-4;/h4H,5-6H2,1-3H3,(H,17,20)(H,18,19);1H,2-3,12H2,(H,13,14);1H,3H2,(H,13,14);1H,2H2,(H,12,13);1H. The number of anilines is 4. The van der Waals surface area contributed by atoms with Gasteiger partial charge in [0.15, 0.2) is 72.7 Å². The monoisotopic (exact) mass is 1040 g/mol. The first-order chi connectivity index (χ1) is 31.0. The zero-order valence-electron chi connectivity index (χ0n) is 34.5. The zero-order valence-corrected chi connectivity index (χ0v) is 36.9. The zero-order chi connectivity index (χ0) is 48.8. The van der Waals surface area contributed by atoms with Crippen LogP contribution in [0.15, 0.2) is 28.7 Å². The van der Waals surface area contributed by atoms with E-state index < -0.39 is 87.4 Å². The molecular weight excluding hydrogens is 1010 g/mol. The van der Waals surface area contributed by atoms with E-state index in [0.29, 0.717) is 0 Å². The first kappa shape index (κ1) is 52.5. The highest BCUT2D eigenvalue weighted by molar-refractivity contribution is 9.10. The van der Waals surface area contributed by atoms with Gasteiger partial charge in [0.1, 0.15) is 11.7 Å². The molecule has 27 heteroatoms. The quantitative estimate of drug-likeness (QED) is 0.0926. The van der Waals surface area contributed by atoms with E-state index in [1.807, 2.05) is 0 Å². The van der Waals surface area contributed by atoms with Gasteiger partial charge >= 0.3 is 6.09 Å². The second kappa shape index (κ2) is 21.9. The molecule has 0 atom stereocenters. The van der Waals surface area contributed by atoms with Crippen LogP contribution in [0.3, 0.4) is 0 Å². The number of nitrogens with one attached hydrogen (secondary N) is 5. The molecular formula is C40H33BrClF8N7O10. The topological polar surface area (TPSA) is 241 Å². The third-order valence-electron chi connectivity index (χ3n) is 8.40. The summed E-state index contributed by atoms with van der Waals surface area (Å²) in [5.74, 6) is -12.2. The van der Waals surface area contributed by atoms with Crippen LogP contribution < -0.4 is 51.3 Å². The van der Waals surface area contributed by atoms with Crippen LogP contribution in [0.1, 0.15) is 37.5 Å². The molecule has 8 rings (SSSR count). The second-order valence-corrected chi connectivity index (χ2v) is 15.2. The lowest BCUT2D eigenvalue weighted by atomic mass is 10.1. The van der Waals surface area contributed by atoms with E-state index in [1.54, 1.807) is 20.8 Å². The fourth-order valence-corrected chi connectivity index (χ4v) is 5.99. The Labute approximate surface area is 387 Å². The van der Waals surface area contributed by atoms with Gasteiger partial charge in [-0.1, -0.05) is 0 Å². The Bertz CT molecular complexity index is 2710. The number of carbonyl (C=O) groups is 5. The fraction of sp³-hybridized carbons (Fsp3) is 0.250. The maximum Gasteiger partial charge on any atom is 0.407 e. The van der Waals surface area contributed by atoms with Crippen LogP contribution in [0.25, 0.3) is 0 Å². The predicted octanol–water partition coefficient (Wildman–Crippen LogP) is 6.72. The Hall–Kier alpha value is -7.11. The van der Waals surface area contributed by atoms with Crippen LogP contribution in [-0.4, -0.2) is 61.8 Å². The summed E-state index contributed by atoms with van der Waals surface area (Å²) < 4.78 is 131. The highest BCUT2D eigenvalue weighted by atomic mass is 79.9. The molecule has 4 aromatic rings. The number of nitriles is 1. The molecule has 7 N–H and O–H groups in total. The molecule has 0 saturated carbocycles. The van der Waals surface area contributed by atoms with Gasteiger partial charge in [-0.2, -0.15) is 22.8 Å². The lowest BCUT2D eigenvalue weighted by molar-refractivity contribution is -0.119. The first-order valence-electron chi connectivity index (χ1n) is 18.5. The normalized spacial score (nSPS) is 13.7. The van der Waals surface area contributed by atoms with E-state index in [9.17, 15) is 59.1 Å². The van der Waals surface area contributed by atoms with Crippen LogP contribution in [0, 0.1) is 57.9 Å². The van der Waals surface area contributed by atoms with Crippen LogP contribution in [0.5, 0.6) is 23.0 Å². The minimum atomic E-state index is -1.27. The molecule has 67 heavy (non-hydrogen) atoms. The summed E-state index contributed by atoms with van der Waals surface area (Å²) in [6.07, 6.45) is -0.759. The minimum absolute atomic E-state index is 0. The summed E-state index contributed by atoms with van der Waals surface area (Å²) in [6, 6.07) is 6.25. The number of nitrogens with zero attached hydrogens (tertiary/aromatic N) is 1. The number of benzene rings is 4. The van der Waals surface area contributed by atoms with Crippen molar-refractivity contribution in [3.05, 3.63) is 92.0 Å². The molecule has 0 fully saturated rings. The number of hydrogen-bond acceptors (Lipinski definition) is 12. The van der Waals surface area contributed by atoms with Crippen molar-refractivity contribution in [1.29, 1.82) is 5.26 Å². The Balaban J connectivity index is 0.000000197. The van der Waals surface area contributed by atoms with E-state index in [1.165, 1.54) is 24.3 Å². The van der Waals surface area contributed by atoms with Gasteiger partial charge in [0, 0.05) is 24.2 Å². The van der Waals surface area contributed by atoms with Crippen molar-refractivity contribution in [1.82, 2.24) is 5.32 Å².